The van der Waals surface area contributed by atoms with Crippen LogP contribution in [-0.2, 0) is 14.8 Å². The molecule has 0 aliphatic carbocycles. The first kappa shape index (κ1) is 15.4. The summed E-state index contributed by atoms with van der Waals surface area (Å²) in [7, 11) is -1.63. The van der Waals surface area contributed by atoms with Gasteiger partial charge in [-0.25, -0.2) is 8.42 Å². The number of hydrogen-bond acceptors (Lipinski definition) is 4. The van der Waals surface area contributed by atoms with Gasteiger partial charge in [0.15, 0.2) is 0 Å². The van der Waals surface area contributed by atoms with Crippen LogP contribution in [0.1, 0.15) is 20.3 Å². The molecule has 0 spiro atoms. The van der Waals surface area contributed by atoms with Crippen molar-refractivity contribution in [3.8, 4) is 0 Å². The highest BCUT2D eigenvalue weighted by Gasteiger charge is 2.27. The van der Waals surface area contributed by atoms with E-state index in [0.717, 1.165) is 0 Å². The van der Waals surface area contributed by atoms with E-state index in [0.29, 0.717) is 26.1 Å². The normalized spacial score (nSPS) is 19.3. The number of likely N-dealkylation sites (N-methyl/N-ethyl adjacent to an activating group) is 1. The SMILES string of the molecule is CC(C)NCCS(=O)(=O)N1CCCN(C)C(=O)C1. The molecule has 6 nitrogen and oxygen atoms in total. The summed E-state index contributed by atoms with van der Waals surface area (Å²) in [4.78, 5) is 13.2. The van der Waals surface area contributed by atoms with Crippen molar-refractivity contribution < 1.29 is 13.2 Å². The Kier molecular flexibility index (Phi) is 5.55. The van der Waals surface area contributed by atoms with Crippen molar-refractivity contribution >= 4 is 15.9 Å². The van der Waals surface area contributed by atoms with Crippen LogP contribution in [0.5, 0.6) is 0 Å². The summed E-state index contributed by atoms with van der Waals surface area (Å²) < 4.78 is 25.5. The van der Waals surface area contributed by atoms with Gasteiger partial charge in [-0.3, -0.25) is 4.79 Å². The van der Waals surface area contributed by atoms with Crippen molar-refractivity contribution in [3.05, 3.63) is 0 Å². The van der Waals surface area contributed by atoms with Crippen molar-refractivity contribution in [3.63, 3.8) is 0 Å². The summed E-state index contributed by atoms with van der Waals surface area (Å²) in [6.07, 6.45) is 0.694. The van der Waals surface area contributed by atoms with Crippen LogP contribution in [0.25, 0.3) is 0 Å². The molecule has 1 saturated heterocycles. The van der Waals surface area contributed by atoms with Crippen molar-refractivity contribution in [1.82, 2.24) is 14.5 Å². The lowest BCUT2D eigenvalue weighted by atomic mass is 10.4. The third-order valence-electron chi connectivity index (χ3n) is 2.94. The quantitative estimate of drug-likeness (QED) is 0.734. The summed E-state index contributed by atoms with van der Waals surface area (Å²) in [5, 5.41) is 3.08. The molecule has 1 aliphatic rings. The maximum Gasteiger partial charge on any atom is 0.237 e. The number of amides is 1. The van der Waals surface area contributed by atoms with E-state index in [2.05, 4.69) is 5.32 Å². The third-order valence-corrected chi connectivity index (χ3v) is 4.76. The largest absolute Gasteiger partial charge is 0.345 e. The zero-order valence-electron chi connectivity index (χ0n) is 11.3. The van der Waals surface area contributed by atoms with E-state index < -0.39 is 10.0 Å². The number of rotatable bonds is 5. The van der Waals surface area contributed by atoms with Gasteiger partial charge in [0.2, 0.25) is 15.9 Å². The molecular weight excluding hydrogens is 254 g/mol. The Labute approximate surface area is 109 Å². The van der Waals surface area contributed by atoms with Gasteiger partial charge in [-0.15, -0.1) is 0 Å². The molecule has 1 amide bonds. The summed E-state index contributed by atoms with van der Waals surface area (Å²) in [6, 6.07) is 0.261. The lowest BCUT2D eigenvalue weighted by molar-refractivity contribution is -0.129. The first-order chi connectivity index (χ1) is 8.33. The second-order valence-corrected chi connectivity index (χ2v) is 7.02. The van der Waals surface area contributed by atoms with E-state index >= 15 is 0 Å². The zero-order valence-corrected chi connectivity index (χ0v) is 12.2. The number of hydrogen-bond donors (Lipinski definition) is 1. The molecule has 7 heteroatoms. The summed E-state index contributed by atoms with van der Waals surface area (Å²) in [6.45, 7) is 5.38. The Balaban J connectivity index is 2.58. The minimum absolute atomic E-state index is 0.0273. The molecule has 1 heterocycles. The smallest absolute Gasteiger partial charge is 0.237 e. The van der Waals surface area contributed by atoms with E-state index in [9.17, 15) is 13.2 Å². The molecule has 1 N–H and O–H groups in total. The highest BCUT2D eigenvalue weighted by Crippen LogP contribution is 2.08. The molecule has 106 valence electrons. The number of carbonyl (C=O) groups is 1. The van der Waals surface area contributed by atoms with Gasteiger partial charge < -0.3 is 10.2 Å². The number of nitrogens with one attached hydrogen (secondary N) is 1. The summed E-state index contributed by atoms with van der Waals surface area (Å²) >= 11 is 0. The Morgan fingerprint density at radius 2 is 2.00 bits per heavy atom. The molecule has 1 fully saturated rings. The van der Waals surface area contributed by atoms with Crippen LogP contribution in [0, 0.1) is 0 Å². The molecule has 0 unspecified atom stereocenters. The number of sulfonamides is 1. The summed E-state index contributed by atoms with van der Waals surface area (Å²) in [5.41, 5.74) is 0. The lowest BCUT2D eigenvalue weighted by Crippen LogP contribution is -2.41. The van der Waals surface area contributed by atoms with Gasteiger partial charge in [0.05, 0.1) is 12.3 Å². The Morgan fingerprint density at radius 1 is 1.33 bits per heavy atom. The van der Waals surface area contributed by atoms with Crippen LogP contribution in [0.15, 0.2) is 0 Å². The molecule has 18 heavy (non-hydrogen) atoms. The van der Waals surface area contributed by atoms with E-state index in [1.807, 2.05) is 13.8 Å². The number of carbonyl (C=O) groups excluding carboxylic acids is 1. The fourth-order valence-corrected chi connectivity index (χ4v) is 3.15. The van der Waals surface area contributed by atoms with Crippen LogP contribution in [0.4, 0.5) is 0 Å². The Bertz CT molecular complexity index is 381. The van der Waals surface area contributed by atoms with Crippen LogP contribution in [-0.4, -0.2) is 68.6 Å². The van der Waals surface area contributed by atoms with E-state index in [4.69, 9.17) is 0 Å². The zero-order chi connectivity index (χ0) is 13.8. The lowest BCUT2D eigenvalue weighted by Gasteiger charge is -2.20. The number of nitrogens with zero attached hydrogens (tertiary/aromatic N) is 2. The molecule has 0 radical (unpaired) electrons. The molecule has 0 aromatic carbocycles. The van der Waals surface area contributed by atoms with E-state index in [1.165, 1.54) is 4.31 Å². The van der Waals surface area contributed by atoms with Gasteiger partial charge >= 0.3 is 0 Å². The Hall–Kier alpha value is -0.660. The average molecular weight is 277 g/mol. The minimum Gasteiger partial charge on any atom is -0.345 e. The second kappa shape index (κ2) is 6.49. The van der Waals surface area contributed by atoms with E-state index in [1.54, 1.807) is 11.9 Å². The fraction of sp³-hybridized carbons (Fsp3) is 0.909. The molecule has 0 atom stereocenters. The van der Waals surface area contributed by atoms with Gasteiger partial charge in [0.25, 0.3) is 0 Å². The van der Waals surface area contributed by atoms with Gasteiger partial charge in [-0.2, -0.15) is 4.31 Å². The standard InChI is InChI=1S/C11H23N3O3S/c1-10(2)12-5-8-18(16,17)14-7-4-6-13(3)11(15)9-14/h10,12H,4-9H2,1-3H3. The molecule has 0 saturated carbocycles. The monoisotopic (exact) mass is 277 g/mol. The van der Waals surface area contributed by atoms with Crippen LogP contribution < -0.4 is 5.32 Å². The highest BCUT2D eigenvalue weighted by atomic mass is 32.2. The molecular formula is C11H23N3O3S. The van der Waals surface area contributed by atoms with Crippen LogP contribution in [0.3, 0.4) is 0 Å². The Morgan fingerprint density at radius 3 is 2.61 bits per heavy atom. The van der Waals surface area contributed by atoms with Crippen molar-refractivity contribution in [2.45, 2.75) is 26.3 Å². The maximum atomic E-state index is 12.1. The average Bonchev–Trinajstić information content (AvgIpc) is 2.41. The maximum absolute atomic E-state index is 12.1. The molecule has 1 rings (SSSR count). The predicted molar refractivity (Wildman–Crippen MR) is 70.8 cm³/mol. The molecule has 1 aliphatic heterocycles. The van der Waals surface area contributed by atoms with Gasteiger partial charge in [0, 0.05) is 32.7 Å². The highest BCUT2D eigenvalue weighted by molar-refractivity contribution is 7.89. The fourth-order valence-electron chi connectivity index (χ4n) is 1.80. The van der Waals surface area contributed by atoms with Crippen LogP contribution >= 0.6 is 0 Å². The van der Waals surface area contributed by atoms with Gasteiger partial charge in [-0.05, 0) is 6.42 Å². The first-order valence-electron chi connectivity index (χ1n) is 6.28. The third kappa shape index (κ3) is 4.55. The van der Waals surface area contributed by atoms with Gasteiger partial charge in [-0.1, -0.05) is 13.8 Å². The second-order valence-electron chi connectivity index (χ2n) is 4.93. The predicted octanol–water partition coefficient (Wildman–Crippen LogP) is -0.522. The van der Waals surface area contributed by atoms with Gasteiger partial charge in [0.1, 0.15) is 0 Å². The van der Waals surface area contributed by atoms with Crippen molar-refractivity contribution in [2.75, 3.05) is 39.0 Å². The molecule has 0 aromatic heterocycles. The summed E-state index contributed by atoms with van der Waals surface area (Å²) in [5.74, 6) is -0.0878. The molecule has 0 aromatic rings. The van der Waals surface area contributed by atoms with E-state index in [-0.39, 0.29) is 24.2 Å². The van der Waals surface area contributed by atoms with Crippen molar-refractivity contribution in [2.24, 2.45) is 0 Å². The van der Waals surface area contributed by atoms with Crippen molar-refractivity contribution in [1.29, 1.82) is 0 Å². The minimum atomic E-state index is -3.34. The topological polar surface area (TPSA) is 69.7 Å². The van der Waals surface area contributed by atoms with Crippen LogP contribution in [0.2, 0.25) is 0 Å². The molecule has 0 bridgehead atoms. The first-order valence-corrected chi connectivity index (χ1v) is 7.89.